The van der Waals surface area contributed by atoms with E-state index < -0.39 is 17.1 Å². The maximum atomic E-state index is 14.2. The molecule has 136 valence electrons. The predicted molar refractivity (Wildman–Crippen MR) is 95.7 cm³/mol. The van der Waals surface area contributed by atoms with Crippen LogP contribution in [0.2, 0.25) is 0 Å². The quantitative estimate of drug-likeness (QED) is 0.635. The van der Waals surface area contributed by atoms with Crippen LogP contribution in [0.5, 0.6) is 23.0 Å². The van der Waals surface area contributed by atoms with Gasteiger partial charge in [-0.2, -0.15) is 0 Å². The lowest BCUT2D eigenvalue weighted by Crippen LogP contribution is -2.02. The molecule has 26 heavy (non-hydrogen) atoms. The monoisotopic (exact) mass is 378 g/mol. The van der Waals surface area contributed by atoms with Crippen LogP contribution in [-0.2, 0) is 11.3 Å². The molecule has 7 nitrogen and oxygen atoms in total. The number of nitrogens with zero attached hydrogens (tertiary/aromatic N) is 1. The van der Waals surface area contributed by atoms with Crippen LogP contribution in [0.4, 0.5) is 10.1 Å². The first-order chi connectivity index (χ1) is 12.5. The Morgan fingerprint density at radius 3 is 2.42 bits per heavy atom. The molecular formula is C17H15FN2O5S. The zero-order valence-corrected chi connectivity index (χ0v) is 14.7. The molecule has 9 heteroatoms. The molecule has 1 aromatic heterocycles. The van der Waals surface area contributed by atoms with E-state index in [1.54, 1.807) is 18.2 Å². The van der Waals surface area contributed by atoms with E-state index in [0.717, 1.165) is 6.07 Å². The lowest BCUT2D eigenvalue weighted by atomic mass is 10.2. The molecule has 1 heterocycles. The number of pyridine rings is 1. The molecule has 2 aromatic carbocycles. The van der Waals surface area contributed by atoms with Gasteiger partial charge in [-0.25, -0.2) is 8.60 Å². The van der Waals surface area contributed by atoms with Crippen LogP contribution in [-0.4, -0.2) is 28.0 Å². The van der Waals surface area contributed by atoms with E-state index in [2.05, 4.69) is 9.71 Å². The zero-order chi connectivity index (χ0) is 18.7. The van der Waals surface area contributed by atoms with Crippen molar-refractivity contribution in [1.82, 2.24) is 4.98 Å². The Labute approximate surface area is 151 Å². The number of methoxy groups -OCH3 is 2. The van der Waals surface area contributed by atoms with Crippen LogP contribution in [0.3, 0.4) is 0 Å². The molecule has 1 atom stereocenters. The number of benzene rings is 2. The number of fused-ring (bicyclic) bond motifs is 1. The number of hydrogen-bond acceptors (Lipinski definition) is 5. The number of aromatic nitrogens is 1. The van der Waals surface area contributed by atoms with Crippen LogP contribution < -0.4 is 18.9 Å². The molecular weight excluding hydrogens is 363 g/mol. The molecule has 0 aliphatic carbocycles. The van der Waals surface area contributed by atoms with Gasteiger partial charge in [-0.3, -0.25) is 14.3 Å². The van der Waals surface area contributed by atoms with Crippen molar-refractivity contribution in [3.8, 4) is 23.0 Å². The molecule has 0 spiro atoms. The third kappa shape index (κ3) is 3.68. The number of hydrogen-bond donors (Lipinski definition) is 2. The zero-order valence-electron chi connectivity index (χ0n) is 13.9. The molecule has 1 unspecified atom stereocenters. The van der Waals surface area contributed by atoms with Crippen molar-refractivity contribution in [3.05, 3.63) is 48.4 Å². The molecule has 0 saturated heterocycles. The molecule has 2 N–H and O–H groups in total. The number of nitrogens with one attached hydrogen (secondary N) is 1. The fraction of sp³-hybridized carbons (Fsp3) is 0.118. The molecule has 3 rings (SSSR count). The Hall–Kier alpha value is -2.91. The number of halogens is 1. The summed E-state index contributed by atoms with van der Waals surface area (Å²) in [7, 11) is 3.03. The molecule has 0 bridgehead atoms. The number of anilines is 1. The van der Waals surface area contributed by atoms with Crippen molar-refractivity contribution in [2.24, 2.45) is 0 Å². The van der Waals surface area contributed by atoms with Crippen molar-refractivity contribution in [2.45, 2.75) is 0 Å². The summed E-state index contributed by atoms with van der Waals surface area (Å²) in [6.45, 7) is 0. The van der Waals surface area contributed by atoms with Gasteiger partial charge in [0.25, 0.3) is 11.3 Å². The number of ether oxygens (including phenoxy) is 3. The summed E-state index contributed by atoms with van der Waals surface area (Å²) in [5, 5.41) is 0.614. The maximum absolute atomic E-state index is 14.2. The van der Waals surface area contributed by atoms with Crippen LogP contribution in [0, 0.1) is 5.82 Å². The maximum Gasteiger partial charge on any atom is 0.259 e. The topological polar surface area (TPSA) is 89.9 Å². The molecule has 0 amide bonds. The Kier molecular flexibility index (Phi) is 5.19. The van der Waals surface area contributed by atoms with E-state index in [1.807, 2.05) is 0 Å². The van der Waals surface area contributed by atoms with Crippen LogP contribution in [0.15, 0.2) is 42.6 Å². The SMILES string of the molecule is COc1cc2nccc(Oc3ccc(NS(=O)O)cc3F)c2cc1OC. The third-order valence-electron chi connectivity index (χ3n) is 3.56. The van der Waals surface area contributed by atoms with Gasteiger partial charge in [-0.1, -0.05) is 0 Å². The molecule has 3 aromatic rings. The van der Waals surface area contributed by atoms with E-state index in [0.29, 0.717) is 28.2 Å². The summed E-state index contributed by atoms with van der Waals surface area (Å²) in [6.07, 6.45) is 1.53. The summed E-state index contributed by atoms with van der Waals surface area (Å²) < 4.78 is 52.2. The normalized spacial score (nSPS) is 11.8. The van der Waals surface area contributed by atoms with E-state index in [-0.39, 0.29) is 11.4 Å². The Morgan fingerprint density at radius 2 is 1.77 bits per heavy atom. The first kappa shape index (κ1) is 17.9. The van der Waals surface area contributed by atoms with E-state index in [9.17, 15) is 8.60 Å². The van der Waals surface area contributed by atoms with E-state index >= 15 is 0 Å². The highest BCUT2D eigenvalue weighted by atomic mass is 32.2. The van der Waals surface area contributed by atoms with Crippen molar-refractivity contribution in [2.75, 3.05) is 18.9 Å². The predicted octanol–water partition coefficient (Wildman–Crippen LogP) is 3.73. The molecule has 0 fully saturated rings. The second kappa shape index (κ2) is 7.54. The lowest BCUT2D eigenvalue weighted by molar-refractivity contribution is 0.355. The molecule has 0 saturated carbocycles. The fourth-order valence-corrected chi connectivity index (χ4v) is 2.73. The standard InChI is InChI=1S/C17H15FN2O5S/c1-23-16-8-11-13(9-17(16)24-2)19-6-5-14(11)25-15-4-3-10(7-12(15)18)20-26(21)22/h3-9,20H,1-2H3,(H,21,22). The first-order valence-electron chi connectivity index (χ1n) is 7.37. The van der Waals surface area contributed by atoms with Gasteiger partial charge in [0.2, 0.25) is 0 Å². The van der Waals surface area contributed by atoms with Crippen molar-refractivity contribution >= 4 is 27.9 Å². The smallest absolute Gasteiger partial charge is 0.259 e. The summed E-state index contributed by atoms with van der Waals surface area (Å²) in [5.74, 6) is 0.653. The lowest BCUT2D eigenvalue weighted by Gasteiger charge is -2.13. The van der Waals surface area contributed by atoms with Gasteiger partial charge in [0, 0.05) is 23.7 Å². The third-order valence-corrected chi connectivity index (χ3v) is 3.97. The Morgan fingerprint density at radius 1 is 1.04 bits per heavy atom. The van der Waals surface area contributed by atoms with E-state index in [1.165, 1.54) is 32.5 Å². The second-order valence-corrected chi connectivity index (χ2v) is 5.83. The van der Waals surface area contributed by atoms with Crippen molar-refractivity contribution < 1.29 is 27.4 Å². The van der Waals surface area contributed by atoms with Crippen molar-refractivity contribution in [3.63, 3.8) is 0 Å². The average molecular weight is 378 g/mol. The fourth-order valence-electron chi connectivity index (χ4n) is 2.40. The molecule has 0 radical (unpaired) electrons. The van der Waals surface area contributed by atoms with Crippen LogP contribution >= 0.6 is 0 Å². The van der Waals surface area contributed by atoms with Gasteiger partial charge in [0.15, 0.2) is 23.1 Å². The summed E-state index contributed by atoms with van der Waals surface area (Å²) in [6, 6.07) is 8.84. The second-order valence-electron chi connectivity index (χ2n) is 5.13. The summed E-state index contributed by atoms with van der Waals surface area (Å²) in [5.41, 5.74) is 0.746. The molecule has 0 aliphatic rings. The Bertz CT molecular complexity index is 983. The average Bonchev–Trinajstić information content (AvgIpc) is 2.62. The van der Waals surface area contributed by atoms with Gasteiger partial charge in [0.1, 0.15) is 5.75 Å². The first-order valence-corrected chi connectivity index (χ1v) is 8.48. The highest BCUT2D eigenvalue weighted by Gasteiger charge is 2.13. The highest BCUT2D eigenvalue weighted by molar-refractivity contribution is 7.80. The van der Waals surface area contributed by atoms with Gasteiger partial charge in [-0.15, -0.1) is 0 Å². The minimum absolute atomic E-state index is 0.0402. The van der Waals surface area contributed by atoms with Crippen molar-refractivity contribution in [1.29, 1.82) is 0 Å². The van der Waals surface area contributed by atoms with E-state index in [4.69, 9.17) is 18.8 Å². The van der Waals surface area contributed by atoms with Gasteiger partial charge in [-0.05, 0) is 24.3 Å². The van der Waals surface area contributed by atoms with Gasteiger partial charge < -0.3 is 14.2 Å². The van der Waals surface area contributed by atoms with Gasteiger partial charge >= 0.3 is 0 Å². The Balaban J connectivity index is 1.99. The summed E-state index contributed by atoms with van der Waals surface area (Å²) in [4.78, 5) is 4.26. The minimum atomic E-state index is -2.29. The molecule has 0 aliphatic heterocycles. The van der Waals surface area contributed by atoms with Crippen LogP contribution in [0.1, 0.15) is 0 Å². The number of rotatable bonds is 6. The van der Waals surface area contributed by atoms with Crippen LogP contribution in [0.25, 0.3) is 10.9 Å². The van der Waals surface area contributed by atoms with Gasteiger partial charge in [0.05, 0.1) is 25.4 Å². The summed E-state index contributed by atoms with van der Waals surface area (Å²) >= 11 is -2.29. The highest BCUT2D eigenvalue weighted by Crippen LogP contribution is 2.37. The minimum Gasteiger partial charge on any atom is -0.493 e. The largest absolute Gasteiger partial charge is 0.493 e.